The van der Waals surface area contributed by atoms with Gasteiger partial charge >= 0.3 is 0 Å². The molecule has 1 saturated heterocycles. The minimum absolute atomic E-state index is 0.0384. The third-order valence-corrected chi connectivity index (χ3v) is 4.54. The number of amides is 1. The molecule has 0 saturated carbocycles. The minimum Gasteiger partial charge on any atom is -0.341 e. The highest BCUT2D eigenvalue weighted by Crippen LogP contribution is 2.21. The standard InChI is InChI=1S/C19H22N2O2/c22-18-8-4-5-11-21(18)15-19(23)20-12-9-17(10-13-20)14-16-6-2-1-3-7-16/h1-8,11,17H,9-10,12-15H2. The third-order valence-electron chi connectivity index (χ3n) is 4.54. The molecule has 2 aromatic rings. The number of nitrogens with zero attached hydrogens (tertiary/aromatic N) is 2. The van der Waals surface area contributed by atoms with E-state index in [1.807, 2.05) is 11.0 Å². The molecule has 3 rings (SSSR count). The van der Waals surface area contributed by atoms with E-state index >= 15 is 0 Å². The van der Waals surface area contributed by atoms with E-state index in [9.17, 15) is 9.59 Å². The molecular formula is C19H22N2O2. The van der Waals surface area contributed by atoms with Crippen LogP contribution in [0, 0.1) is 5.92 Å². The number of carbonyl (C=O) groups is 1. The molecule has 0 aliphatic carbocycles. The highest BCUT2D eigenvalue weighted by Gasteiger charge is 2.23. The quantitative estimate of drug-likeness (QED) is 0.870. The molecule has 4 nitrogen and oxygen atoms in total. The van der Waals surface area contributed by atoms with Crippen LogP contribution in [-0.4, -0.2) is 28.5 Å². The first kappa shape index (κ1) is 15.5. The molecule has 4 heteroatoms. The fraction of sp³-hybridized carbons (Fsp3) is 0.368. The Morgan fingerprint density at radius 3 is 2.39 bits per heavy atom. The minimum atomic E-state index is -0.125. The summed E-state index contributed by atoms with van der Waals surface area (Å²) in [6.07, 6.45) is 4.82. The number of pyridine rings is 1. The second kappa shape index (κ2) is 7.27. The maximum atomic E-state index is 12.4. The van der Waals surface area contributed by atoms with Crippen LogP contribution in [0.1, 0.15) is 18.4 Å². The number of hydrogen-bond acceptors (Lipinski definition) is 2. The number of piperidine rings is 1. The largest absolute Gasteiger partial charge is 0.341 e. The average Bonchev–Trinajstić information content (AvgIpc) is 2.58. The van der Waals surface area contributed by atoms with Gasteiger partial charge in [-0.25, -0.2) is 0 Å². The van der Waals surface area contributed by atoms with Crippen molar-refractivity contribution in [3.8, 4) is 0 Å². The van der Waals surface area contributed by atoms with Gasteiger partial charge < -0.3 is 9.47 Å². The molecule has 0 radical (unpaired) electrons. The van der Waals surface area contributed by atoms with Crippen molar-refractivity contribution in [2.75, 3.05) is 13.1 Å². The molecule has 2 heterocycles. The SMILES string of the molecule is O=C(Cn1ccccc1=O)N1CCC(Cc2ccccc2)CC1. The highest BCUT2D eigenvalue weighted by atomic mass is 16.2. The average molecular weight is 310 g/mol. The van der Waals surface area contributed by atoms with E-state index in [2.05, 4.69) is 24.3 Å². The van der Waals surface area contributed by atoms with Gasteiger partial charge in [-0.2, -0.15) is 0 Å². The van der Waals surface area contributed by atoms with E-state index in [1.165, 1.54) is 16.2 Å². The maximum absolute atomic E-state index is 12.4. The van der Waals surface area contributed by atoms with Gasteiger partial charge in [0.15, 0.2) is 0 Å². The number of benzene rings is 1. The number of carbonyl (C=O) groups excluding carboxylic acids is 1. The molecule has 1 aliphatic heterocycles. The van der Waals surface area contributed by atoms with Crippen LogP contribution in [0.15, 0.2) is 59.5 Å². The summed E-state index contributed by atoms with van der Waals surface area (Å²) >= 11 is 0. The zero-order chi connectivity index (χ0) is 16.1. The van der Waals surface area contributed by atoms with Crippen LogP contribution >= 0.6 is 0 Å². The van der Waals surface area contributed by atoms with Crippen LogP contribution in [0.4, 0.5) is 0 Å². The van der Waals surface area contributed by atoms with Crippen LogP contribution in [0.5, 0.6) is 0 Å². The first-order chi connectivity index (χ1) is 11.2. The Morgan fingerprint density at radius 2 is 1.70 bits per heavy atom. The third kappa shape index (κ3) is 4.09. The van der Waals surface area contributed by atoms with Gasteiger partial charge in [-0.05, 0) is 36.8 Å². The predicted octanol–water partition coefficient (Wildman–Crippen LogP) is 2.33. The topological polar surface area (TPSA) is 42.3 Å². The second-order valence-electron chi connectivity index (χ2n) is 6.18. The van der Waals surface area contributed by atoms with Gasteiger partial charge in [0.25, 0.3) is 5.56 Å². The number of likely N-dealkylation sites (tertiary alicyclic amines) is 1. The summed E-state index contributed by atoms with van der Waals surface area (Å²) in [5, 5.41) is 0. The van der Waals surface area contributed by atoms with Crippen molar-refractivity contribution < 1.29 is 4.79 Å². The molecule has 1 fully saturated rings. The fourth-order valence-corrected chi connectivity index (χ4v) is 3.17. The number of hydrogen-bond donors (Lipinski definition) is 0. The van der Waals surface area contributed by atoms with Crippen molar-refractivity contribution in [1.29, 1.82) is 0 Å². The normalized spacial score (nSPS) is 15.6. The van der Waals surface area contributed by atoms with Crippen LogP contribution < -0.4 is 5.56 Å². The zero-order valence-corrected chi connectivity index (χ0v) is 13.2. The summed E-state index contributed by atoms with van der Waals surface area (Å²) < 4.78 is 1.47. The van der Waals surface area contributed by atoms with Gasteiger partial charge in [0, 0.05) is 25.4 Å². The van der Waals surface area contributed by atoms with Gasteiger partial charge in [-0.3, -0.25) is 9.59 Å². The number of rotatable bonds is 4. The van der Waals surface area contributed by atoms with Gasteiger partial charge in [-0.1, -0.05) is 36.4 Å². The van der Waals surface area contributed by atoms with Crippen molar-refractivity contribution in [3.05, 3.63) is 70.6 Å². The van der Waals surface area contributed by atoms with Crippen molar-refractivity contribution in [1.82, 2.24) is 9.47 Å². The summed E-state index contributed by atoms with van der Waals surface area (Å²) in [7, 11) is 0. The zero-order valence-electron chi connectivity index (χ0n) is 13.2. The summed E-state index contributed by atoms with van der Waals surface area (Å²) in [5.41, 5.74) is 1.24. The van der Waals surface area contributed by atoms with E-state index < -0.39 is 0 Å². The molecule has 0 spiro atoms. The molecule has 0 bridgehead atoms. The summed E-state index contributed by atoms with van der Waals surface area (Å²) in [5.74, 6) is 0.678. The first-order valence-corrected chi connectivity index (χ1v) is 8.19. The summed E-state index contributed by atoms with van der Waals surface area (Å²) in [4.78, 5) is 25.9. The van der Waals surface area contributed by atoms with E-state index in [0.717, 1.165) is 32.4 Å². The van der Waals surface area contributed by atoms with E-state index in [4.69, 9.17) is 0 Å². The van der Waals surface area contributed by atoms with E-state index in [0.29, 0.717) is 5.92 Å². The summed E-state index contributed by atoms with van der Waals surface area (Å²) in [6.45, 7) is 1.72. The second-order valence-corrected chi connectivity index (χ2v) is 6.18. The first-order valence-electron chi connectivity index (χ1n) is 8.19. The smallest absolute Gasteiger partial charge is 0.250 e. The highest BCUT2D eigenvalue weighted by molar-refractivity contribution is 5.76. The number of aromatic nitrogens is 1. The molecule has 1 aromatic carbocycles. The van der Waals surface area contributed by atoms with Crippen molar-refractivity contribution >= 4 is 5.91 Å². The van der Waals surface area contributed by atoms with E-state index in [1.54, 1.807) is 18.3 Å². The van der Waals surface area contributed by atoms with Crippen molar-refractivity contribution in [2.24, 2.45) is 5.92 Å². The Hall–Kier alpha value is -2.36. The lowest BCUT2D eigenvalue weighted by Crippen LogP contribution is -2.41. The molecule has 120 valence electrons. The van der Waals surface area contributed by atoms with Crippen molar-refractivity contribution in [2.45, 2.75) is 25.8 Å². The van der Waals surface area contributed by atoms with Gasteiger partial charge in [-0.15, -0.1) is 0 Å². The fourth-order valence-electron chi connectivity index (χ4n) is 3.17. The summed E-state index contributed by atoms with van der Waals surface area (Å²) in [6, 6.07) is 15.5. The lowest BCUT2D eigenvalue weighted by Gasteiger charge is -2.32. The Labute approximate surface area is 136 Å². The van der Waals surface area contributed by atoms with Crippen LogP contribution in [0.25, 0.3) is 0 Å². The Kier molecular flexibility index (Phi) is 4.91. The Bertz CT molecular complexity index is 701. The molecule has 0 unspecified atom stereocenters. The van der Waals surface area contributed by atoms with Crippen LogP contribution in [0.3, 0.4) is 0 Å². The van der Waals surface area contributed by atoms with Gasteiger partial charge in [0.05, 0.1) is 0 Å². The Morgan fingerprint density at radius 1 is 1.00 bits per heavy atom. The van der Waals surface area contributed by atoms with E-state index in [-0.39, 0.29) is 18.0 Å². The lowest BCUT2D eigenvalue weighted by atomic mass is 9.90. The molecule has 23 heavy (non-hydrogen) atoms. The van der Waals surface area contributed by atoms with Crippen LogP contribution in [0.2, 0.25) is 0 Å². The Balaban J connectivity index is 1.51. The maximum Gasteiger partial charge on any atom is 0.250 e. The molecule has 0 N–H and O–H groups in total. The lowest BCUT2D eigenvalue weighted by molar-refractivity contribution is -0.133. The molecule has 1 amide bonds. The van der Waals surface area contributed by atoms with Crippen LogP contribution in [-0.2, 0) is 17.8 Å². The van der Waals surface area contributed by atoms with Crippen molar-refractivity contribution in [3.63, 3.8) is 0 Å². The monoisotopic (exact) mass is 310 g/mol. The molecular weight excluding hydrogens is 288 g/mol. The molecule has 1 aromatic heterocycles. The molecule has 0 atom stereocenters. The molecule has 1 aliphatic rings. The van der Waals surface area contributed by atoms with Gasteiger partial charge in [0.2, 0.25) is 5.91 Å². The van der Waals surface area contributed by atoms with Gasteiger partial charge in [0.1, 0.15) is 6.54 Å². The predicted molar refractivity (Wildman–Crippen MR) is 90.2 cm³/mol.